The molecule has 2 heterocycles. The zero-order chi connectivity index (χ0) is 17.1. The van der Waals surface area contributed by atoms with E-state index in [9.17, 15) is 9.59 Å². The van der Waals surface area contributed by atoms with Crippen LogP contribution in [0, 0.1) is 6.92 Å². The number of fused-ring (bicyclic) bond motifs is 1. The van der Waals surface area contributed by atoms with E-state index in [0.29, 0.717) is 12.8 Å². The number of amides is 2. The minimum atomic E-state index is -0.0810. The summed E-state index contributed by atoms with van der Waals surface area (Å²) in [6, 6.07) is 7.73. The zero-order valence-corrected chi connectivity index (χ0v) is 13.9. The Labute approximate surface area is 141 Å². The molecule has 1 atom stereocenters. The van der Waals surface area contributed by atoms with Crippen LogP contribution in [0.4, 0.5) is 5.69 Å². The van der Waals surface area contributed by atoms with E-state index in [2.05, 4.69) is 21.7 Å². The van der Waals surface area contributed by atoms with Crippen LogP contribution >= 0.6 is 0 Å². The largest absolute Gasteiger partial charge is 0.349 e. The number of nitrogens with one attached hydrogen (secondary N) is 2. The topological polar surface area (TPSA) is 71.1 Å². The Hall–Kier alpha value is -2.69. The van der Waals surface area contributed by atoms with Gasteiger partial charge in [0.15, 0.2) is 0 Å². The Morgan fingerprint density at radius 1 is 1.33 bits per heavy atom. The quantitative estimate of drug-likeness (QED) is 0.909. The number of carbonyl (C=O) groups is 2. The summed E-state index contributed by atoms with van der Waals surface area (Å²) in [5, 5.41) is 5.91. The highest BCUT2D eigenvalue weighted by Gasteiger charge is 2.17. The lowest BCUT2D eigenvalue weighted by Gasteiger charge is -2.20. The number of benzene rings is 1. The Morgan fingerprint density at radius 2 is 2.17 bits per heavy atom. The Morgan fingerprint density at radius 3 is 2.96 bits per heavy atom. The van der Waals surface area contributed by atoms with Crippen LogP contribution in [0.2, 0.25) is 0 Å². The molecule has 0 fully saturated rings. The summed E-state index contributed by atoms with van der Waals surface area (Å²) < 4.78 is 0. The fourth-order valence-corrected chi connectivity index (χ4v) is 2.92. The molecule has 2 aromatic rings. The maximum Gasteiger partial charge on any atom is 0.224 e. The Balaban J connectivity index is 1.66. The van der Waals surface area contributed by atoms with Crippen molar-refractivity contribution in [3.63, 3.8) is 0 Å². The van der Waals surface area contributed by atoms with E-state index in [4.69, 9.17) is 0 Å². The van der Waals surface area contributed by atoms with Crippen LogP contribution in [0.3, 0.4) is 0 Å². The summed E-state index contributed by atoms with van der Waals surface area (Å²) in [5.74, 6) is 0.0483. The van der Waals surface area contributed by atoms with Gasteiger partial charge in [-0.05, 0) is 54.7 Å². The maximum absolute atomic E-state index is 12.3. The van der Waals surface area contributed by atoms with E-state index < -0.39 is 0 Å². The Bertz CT molecular complexity index is 786. The van der Waals surface area contributed by atoms with E-state index in [1.54, 1.807) is 12.4 Å². The van der Waals surface area contributed by atoms with E-state index in [-0.39, 0.29) is 17.9 Å². The first-order valence-electron chi connectivity index (χ1n) is 8.14. The number of anilines is 1. The van der Waals surface area contributed by atoms with Crippen molar-refractivity contribution in [1.29, 1.82) is 0 Å². The highest BCUT2D eigenvalue weighted by molar-refractivity contribution is 5.93. The molecule has 1 aromatic heterocycles. The van der Waals surface area contributed by atoms with Gasteiger partial charge >= 0.3 is 0 Å². The molecule has 5 heteroatoms. The third-order valence-corrected chi connectivity index (χ3v) is 4.39. The van der Waals surface area contributed by atoms with E-state index in [1.165, 1.54) is 0 Å². The summed E-state index contributed by atoms with van der Waals surface area (Å²) in [6.07, 6.45) is 5.07. The van der Waals surface area contributed by atoms with Crippen molar-refractivity contribution in [2.75, 3.05) is 5.32 Å². The number of carbonyl (C=O) groups excluding carboxylic acids is 2. The number of aromatic nitrogens is 1. The van der Waals surface area contributed by atoms with Crippen LogP contribution in [0.1, 0.15) is 41.6 Å². The van der Waals surface area contributed by atoms with Gasteiger partial charge in [-0.15, -0.1) is 0 Å². The van der Waals surface area contributed by atoms with Crippen molar-refractivity contribution >= 4 is 17.5 Å². The summed E-state index contributed by atoms with van der Waals surface area (Å²) in [6.45, 7) is 3.93. The number of aryl methyl sites for hydroxylation is 2. The van der Waals surface area contributed by atoms with Crippen molar-refractivity contribution in [3.05, 3.63) is 58.9 Å². The molecular weight excluding hydrogens is 302 g/mol. The van der Waals surface area contributed by atoms with E-state index in [1.807, 2.05) is 32.0 Å². The smallest absolute Gasteiger partial charge is 0.224 e. The number of nitrogens with zero attached hydrogens (tertiary/aromatic N) is 1. The fourth-order valence-electron chi connectivity index (χ4n) is 2.92. The van der Waals surface area contributed by atoms with E-state index in [0.717, 1.165) is 34.4 Å². The van der Waals surface area contributed by atoms with Crippen LogP contribution in [-0.4, -0.2) is 16.8 Å². The average molecular weight is 323 g/mol. The molecule has 1 aromatic carbocycles. The van der Waals surface area contributed by atoms with Crippen LogP contribution in [0.25, 0.3) is 0 Å². The van der Waals surface area contributed by atoms with Crippen LogP contribution in [0.5, 0.6) is 0 Å². The molecule has 5 nitrogen and oxygen atoms in total. The minimum absolute atomic E-state index is 0.0113. The lowest BCUT2D eigenvalue weighted by atomic mass is 9.97. The summed E-state index contributed by atoms with van der Waals surface area (Å²) >= 11 is 0. The standard InChI is InChI=1S/C19H21N3O2/c1-12-11-20-8-7-14(12)10-19(24)21-13(2)15-3-5-17-16(9-15)4-6-18(23)22-17/h3,5,7-9,11,13H,4,6,10H2,1-2H3,(H,21,24)(H,22,23). The number of rotatable bonds is 4. The van der Waals surface area contributed by atoms with Crippen LogP contribution in [-0.2, 0) is 22.4 Å². The predicted molar refractivity (Wildman–Crippen MR) is 92.6 cm³/mol. The van der Waals surface area contributed by atoms with Crippen LogP contribution < -0.4 is 10.6 Å². The second kappa shape index (κ2) is 6.83. The molecule has 1 aliphatic rings. The molecule has 0 bridgehead atoms. The average Bonchev–Trinajstić information content (AvgIpc) is 2.56. The summed E-state index contributed by atoms with van der Waals surface area (Å²) in [4.78, 5) is 27.8. The molecule has 24 heavy (non-hydrogen) atoms. The summed E-state index contributed by atoms with van der Waals surface area (Å²) in [7, 11) is 0. The maximum atomic E-state index is 12.3. The first-order valence-corrected chi connectivity index (χ1v) is 8.14. The number of pyridine rings is 1. The molecule has 124 valence electrons. The van der Waals surface area contributed by atoms with Gasteiger partial charge in [0.1, 0.15) is 0 Å². The number of hydrogen-bond acceptors (Lipinski definition) is 3. The molecule has 3 rings (SSSR count). The highest BCUT2D eigenvalue weighted by atomic mass is 16.2. The Kier molecular flexibility index (Phi) is 4.60. The van der Waals surface area contributed by atoms with Crippen molar-refractivity contribution in [3.8, 4) is 0 Å². The molecule has 1 aliphatic heterocycles. The highest BCUT2D eigenvalue weighted by Crippen LogP contribution is 2.26. The van der Waals surface area contributed by atoms with Gasteiger partial charge < -0.3 is 10.6 Å². The van der Waals surface area contributed by atoms with Gasteiger partial charge in [-0.3, -0.25) is 14.6 Å². The molecule has 0 spiro atoms. The SMILES string of the molecule is Cc1cnccc1CC(=O)NC(C)c1ccc2c(c1)CCC(=O)N2. The van der Waals surface area contributed by atoms with Gasteiger partial charge in [0, 0.05) is 24.5 Å². The molecule has 2 amide bonds. The fraction of sp³-hybridized carbons (Fsp3) is 0.316. The van der Waals surface area contributed by atoms with Gasteiger partial charge in [-0.1, -0.05) is 12.1 Å². The predicted octanol–water partition coefficient (Wildman–Crippen LogP) is 2.69. The minimum Gasteiger partial charge on any atom is -0.349 e. The number of hydrogen-bond donors (Lipinski definition) is 2. The van der Waals surface area contributed by atoms with Crippen molar-refractivity contribution < 1.29 is 9.59 Å². The first kappa shape index (κ1) is 16.2. The second-order valence-corrected chi connectivity index (χ2v) is 6.23. The summed E-state index contributed by atoms with van der Waals surface area (Å²) in [5.41, 5.74) is 5.05. The lowest BCUT2D eigenvalue weighted by Crippen LogP contribution is -2.28. The van der Waals surface area contributed by atoms with Gasteiger partial charge in [0.25, 0.3) is 0 Å². The zero-order valence-electron chi connectivity index (χ0n) is 13.9. The first-order chi connectivity index (χ1) is 11.5. The normalized spacial score (nSPS) is 14.5. The molecule has 1 unspecified atom stereocenters. The van der Waals surface area contributed by atoms with Gasteiger partial charge in [0.05, 0.1) is 12.5 Å². The lowest BCUT2D eigenvalue weighted by molar-refractivity contribution is -0.121. The molecule has 2 N–H and O–H groups in total. The molecule has 0 saturated heterocycles. The monoisotopic (exact) mass is 323 g/mol. The van der Waals surface area contributed by atoms with E-state index >= 15 is 0 Å². The van der Waals surface area contributed by atoms with Crippen molar-refractivity contribution in [2.45, 2.75) is 39.2 Å². The second-order valence-electron chi connectivity index (χ2n) is 6.23. The van der Waals surface area contributed by atoms with Crippen LogP contribution in [0.15, 0.2) is 36.7 Å². The molecule has 0 saturated carbocycles. The van der Waals surface area contributed by atoms with Gasteiger partial charge in [-0.2, -0.15) is 0 Å². The molecule has 0 radical (unpaired) electrons. The van der Waals surface area contributed by atoms with Crippen molar-refractivity contribution in [1.82, 2.24) is 10.3 Å². The molecule has 0 aliphatic carbocycles. The van der Waals surface area contributed by atoms with Gasteiger partial charge in [-0.25, -0.2) is 0 Å². The third kappa shape index (κ3) is 3.62. The van der Waals surface area contributed by atoms with Gasteiger partial charge in [0.2, 0.25) is 11.8 Å². The molecular formula is C19H21N3O2. The third-order valence-electron chi connectivity index (χ3n) is 4.39. The van der Waals surface area contributed by atoms with Crippen molar-refractivity contribution in [2.24, 2.45) is 0 Å².